The Morgan fingerprint density at radius 3 is 2.83 bits per heavy atom. The Bertz CT molecular complexity index is 837. The van der Waals surface area contributed by atoms with Gasteiger partial charge < -0.3 is 14.8 Å². The first-order valence-electron chi connectivity index (χ1n) is 9.98. The van der Waals surface area contributed by atoms with Crippen LogP contribution in [0.5, 0.6) is 0 Å². The average Bonchev–Trinajstić information content (AvgIpc) is 3.13. The Morgan fingerprint density at radius 1 is 1.28 bits per heavy atom. The van der Waals surface area contributed by atoms with Crippen LogP contribution in [-0.2, 0) is 19.1 Å². The van der Waals surface area contributed by atoms with Gasteiger partial charge in [0, 0.05) is 32.4 Å². The van der Waals surface area contributed by atoms with Gasteiger partial charge in [-0.25, -0.2) is 0 Å². The Labute approximate surface area is 169 Å². The Balaban J connectivity index is 1.47. The number of benzene rings is 1. The SMILES string of the molecule is CN(Cc1c[nH]c(C#N)c1)CC1CCCN(CCc2cccc(C(F)(F)F)c2)C1. The molecule has 4 nitrogen and oxygen atoms in total. The molecule has 1 aromatic heterocycles. The van der Waals surface area contributed by atoms with Gasteiger partial charge in [-0.15, -0.1) is 0 Å². The van der Waals surface area contributed by atoms with E-state index in [4.69, 9.17) is 5.26 Å². The van der Waals surface area contributed by atoms with Gasteiger partial charge in [-0.05, 0) is 62.0 Å². The molecule has 1 saturated heterocycles. The first kappa shape index (κ1) is 21.4. The quantitative estimate of drug-likeness (QED) is 0.749. The van der Waals surface area contributed by atoms with Crippen molar-refractivity contribution in [2.75, 3.05) is 33.2 Å². The van der Waals surface area contributed by atoms with Gasteiger partial charge in [0.25, 0.3) is 0 Å². The Morgan fingerprint density at radius 2 is 2.10 bits per heavy atom. The standard InChI is InChI=1S/C22H27F3N4/c1-28(15-19-11-21(12-26)27-13-19)14-18-5-3-8-29(16-18)9-7-17-4-2-6-20(10-17)22(23,24)25/h2,4,6,10-11,13,18,27H,3,5,7-9,14-16H2,1H3. The number of likely N-dealkylation sites (tertiary alicyclic amines) is 1. The molecule has 1 aliphatic heterocycles. The van der Waals surface area contributed by atoms with E-state index in [0.717, 1.165) is 56.3 Å². The molecule has 0 bridgehead atoms. The van der Waals surface area contributed by atoms with Gasteiger partial charge in [-0.3, -0.25) is 0 Å². The minimum atomic E-state index is -4.29. The summed E-state index contributed by atoms with van der Waals surface area (Å²) in [4.78, 5) is 7.59. The lowest BCUT2D eigenvalue weighted by Gasteiger charge is -2.34. The van der Waals surface area contributed by atoms with Crippen molar-refractivity contribution in [1.29, 1.82) is 5.26 Å². The number of nitrogens with one attached hydrogen (secondary N) is 1. The monoisotopic (exact) mass is 404 g/mol. The number of hydrogen-bond acceptors (Lipinski definition) is 3. The third kappa shape index (κ3) is 6.34. The molecule has 29 heavy (non-hydrogen) atoms. The maximum atomic E-state index is 12.9. The molecule has 156 valence electrons. The Hall–Kier alpha value is -2.30. The van der Waals surface area contributed by atoms with Crippen LogP contribution in [0, 0.1) is 17.2 Å². The van der Waals surface area contributed by atoms with E-state index in [1.165, 1.54) is 18.6 Å². The van der Waals surface area contributed by atoms with E-state index in [2.05, 4.69) is 27.9 Å². The normalized spacial score (nSPS) is 18.1. The van der Waals surface area contributed by atoms with Crippen molar-refractivity contribution in [3.8, 4) is 6.07 Å². The number of rotatable bonds is 7. The largest absolute Gasteiger partial charge is 0.416 e. The first-order valence-corrected chi connectivity index (χ1v) is 9.98. The van der Waals surface area contributed by atoms with Gasteiger partial charge in [0.05, 0.1) is 5.56 Å². The average molecular weight is 404 g/mol. The second-order valence-corrected chi connectivity index (χ2v) is 7.99. The fraction of sp³-hybridized carbons (Fsp3) is 0.500. The lowest BCUT2D eigenvalue weighted by Crippen LogP contribution is -2.40. The molecular weight excluding hydrogens is 377 g/mol. The van der Waals surface area contributed by atoms with E-state index in [0.29, 0.717) is 18.0 Å². The summed E-state index contributed by atoms with van der Waals surface area (Å²) < 4.78 is 38.6. The van der Waals surface area contributed by atoms with Crippen molar-refractivity contribution < 1.29 is 13.2 Å². The van der Waals surface area contributed by atoms with Crippen LogP contribution in [0.25, 0.3) is 0 Å². The summed E-state index contributed by atoms with van der Waals surface area (Å²) >= 11 is 0. The predicted octanol–water partition coefficient (Wildman–Crippen LogP) is 4.29. The van der Waals surface area contributed by atoms with E-state index >= 15 is 0 Å². The molecule has 7 heteroatoms. The lowest BCUT2D eigenvalue weighted by atomic mass is 9.97. The molecule has 1 aromatic carbocycles. The van der Waals surface area contributed by atoms with Crippen LogP contribution >= 0.6 is 0 Å². The van der Waals surface area contributed by atoms with E-state index in [1.807, 2.05) is 12.3 Å². The zero-order valence-electron chi connectivity index (χ0n) is 16.7. The maximum absolute atomic E-state index is 12.9. The number of piperidine rings is 1. The van der Waals surface area contributed by atoms with Gasteiger partial charge in [-0.1, -0.05) is 18.2 Å². The molecule has 1 N–H and O–H groups in total. The molecule has 3 rings (SSSR count). The van der Waals surface area contributed by atoms with E-state index < -0.39 is 11.7 Å². The first-order chi connectivity index (χ1) is 13.8. The zero-order chi connectivity index (χ0) is 20.9. The number of halogens is 3. The summed E-state index contributed by atoms with van der Waals surface area (Å²) in [6, 6.07) is 9.63. The van der Waals surface area contributed by atoms with Crippen LogP contribution in [0.2, 0.25) is 0 Å². The molecule has 2 heterocycles. The van der Waals surface area contributed by atoms with Gasteiger partial charge in [0.1, 0.15) is 11.8 Å². The predicted molar refractivity (Wildman–Crippen MR) is 106 cm³/mol. The molecule has 1 unspecified atom stereocenters. The molecule has 1 aliphatic rings. The number of nitriles is 1. The van der Waals surface area contributed by atoms with Crippen molar-refractivity contribution >= 4 is 0 Å². The molecule has 0 spiro atoms. The highest BCUT2D eigenvalue weighted by molar-refractivity contribution is 5.27. The smallest absolute Gasteiger partial charge is 0.353 e. The van der Waals surface area contributed by atoms with Gasteiger partial charge in [0.2, 0.25) is 0 Å². The van der Waals surface area contributed by atoms with E-state index in [1.54, 1.807) is 6.07 Å². The number of hydrogen-bond donors (Lipinski definition) is 1. The van der Waals surface area contributed by atoms with Crippen LogP contribution in [0.4, 0.5) is 13.2 Å². The van der Waals surface area contributed by atoms with Crippen LogP contribution in [0.3, 0.4) is 0 Å². The third-order valence-corrected chi connectivity index (χ3v) is 5.46. The summed E-state index contributed by atoms with van der Waals surface area (Å²) in [6.45, 7) is 4.51. The van der Waals surface area contributed by atoms with Crippen molar-refractivity contribution in [2.24, 2.45) is 5.92 Å². The van der Waals surface area contributed by atoms with Gasteiger partial charge in [0.15, 0.2) is 0 Å². The summed E-state index contributed by atoms with van der Waals surface area (Å²) in [7, 11) is 2.08. The van der Waals surface area contributed by atoms with Crippen molar-refractivity contribution in [3.05, 3.63) is 58.9 Å². The molecular formula is C22H27F3N4. The zero-order valence-corrected chi connectivity index (χ0v) is 16.7. The number of nitrogens with zero attached hydrogens (tertiary/aromatic N) is 3. The van der Waals surface area contributed by atoms with Gasteiger partial charge >= 0.3 is 6.18 Å². The van der Waals surface area contributed by atoms with Crippen molar-refractivity contribution in [2.45, 2.75) is 32.0 Å². The molecule has 1 fully saturated rings. The molecule has 2 aromatic rings. The molecule has 0 aliphatic carbocycles. The molecule has 0 radical (unpaired) electrons. The maximum Gasteiger partial charge on any atom is 0.416 e. The van der Waals surface area contributed by atoms with Crippen molar-refractivity contribution in [3.63, 3.8) is 0 Å². The van der Waals surface area contributed by atoms with Crippen molar-refractivity contribution in [1.82, 2.24) is 14.8 Å². The van der Waals surface area contributed by atoms with Crippen LogP contribution in [0.1, 0.15) is 35.2 Å². The number of aromatic amines is 1. The highest BCUT2D eigenvalue weighted by atomic mass is 19.4. The Kier molecular flexibility index (Phi) is 6.99. The molecule has 1 atom stereocenters. The number of H-pyrrole nitrogens is 1. The summed E-state index contributed by atoms with van der Waals surface area (Å²) in [5.74, 6) is 0.546. The fourth-order valence-electron chi connectivity index (χ4n) is 4.11. The topological polar surface area (TPSA) is 46.1 Å². The van der Waals surface area contributed by atoms with E-state index in [9.17, 15) is 13.2 Å². The fourth-order valence-corrected chi connectivity index (χ4v) is 4.11. The molecule has 0 amide bonds. The third-order valence-electron chi connectivity index (χ3n) is 5.46. The molecule has 0 saturated carbocycles. The second kappa shape index (κ2) is 9.47. The van der Waals surface area contributed by atoms with Crippen LogP contribution in [-0.4, -0.2) is 48.0 Å². The lowest BCUT2D eigenvalue weighted by molar-refractivity contribution is -0.137. The van der Waals surface area contributed by atoms with Gasteiger partial charge in [-0.2, -0.15) is 18.4 Å². The summed E-state index contributed by atoms with van der Waals surface area (Å²) in [5.41, 5.74) is 1.84. The summed E-state index contributed by atoms with van der Waals surface area (Å²) in [5, 5.41) is 8.91. The number of aromatic nitrogens is 1. The highest BCUT2D eigenvalue weighted by Gasteiger charge is 2.30. The summed E-state index contributed by atoms with van der Waals surface area (Å²) in [6.07, 6.45) is 0.499. The van der Waals surface area contributed by atoms with E-state index in [-0.39, 0.29) is 0 Å². The van der Waals surface area contributed by atoms with Crippen LogP contribution in [0.15, 0.2) is 36.5 Å². The number of alkyl halides is 3. The second-order valence-electron chi connectivity index (χ2n) is 7.99. The minimum absolute atomic E-state index is 0.546. The minimum Gasteiger partial charge on any atom is -0.353 e. The van der Waals surface area contributed by atoms with Crippen LogP contribution < -0.4 is 0 Å². The highest BCUT2D eigenvalue weighted by Crippen LogP contribution is 2.29.